The van der Waals surface area contributed by atoms with Crippen LogP contribution in [-0.4, -0.2) is 47.5 Å². The lowest BCUT2D eigenvalue weighted by Crippen LogP contribution is -2.44. The fourth-order valence-corrected chi connectivity index (χ4v) is 3.24. The first-order valence-corrected chi connectivity index (χ1v) is 8.69. The van der Waals surface area contributed by atoms with E-state index in [1.165, 1.54) is 7.11 Å². The molecule has 6 heteroatoms. The molecule has 0 aliphatic carbocycles. The molecular formula is C19H25NO5. The van der Waals surface area contributed by atoms with Crippen molar-refractivity contribution in [2.24, 2.45) is 0 Å². The number of carboxylic acids is 1. The van der Waals surface area contributed by atoms with Crippen LogP contribution in [0.25, 0.3) is 0 Å². The summed E-state index contributed by atoms with van der Waals surface area (Å²) in [5.41, 5.74) is 1.47. The van der Waals surface area contributed by atoms with E-state index < -0.39 is 5.97 Å². The van der Waals surface area contributed by atoms with Crippen LogP contribution in [0.2, 0.25) is 0 Å². The molecule has 1 heterocycles. The van der Waals surface area contributed by atoms with Crippen LogP contribution >= 0.6 is 0 Å². The molecule has 2 rings (SSSR count). The molecule has 1 N–H and O–H groups in total. The van der Waals surface area contributed by atoms with Gasteiger partial charge in [0.2, 0.25) is 5.91 Å². The molecule has 136 valence electrons. The van der Waals surface area contributed by atoms with Gasteiger partial charge in [-0.3, -0.25) is 9.59 Å². The van der Waals surface area contributed by atoms with Crippen molar-refractivity contribution in [3.05, 3.63) is 35.4 Å². The van der Waals surface area contributed by atoms with Gasteiger partial charge in [-0.15, -0.1) is 0 Å². The van der Waals surface area contributed by atoms with Gasteiger partial charge < -0.3 is 14.7 Å². The summed E-state index contributed by atoms with van der Waals surface area (Å²) >= 11 is 0. The smallest absolute Gasteiger partial charge is 0.337 e. The van der Waals surface area contributed by atoms with Crippen LogP contribution in [0.4, 0.5) is 0 Å². The van der Waals surface area contributed by atoms with Gasteiger partial charge in [0, 0.05) is 25.4 Å². The highest BCUT2D eigenvalue weighted by Crippen LogP contribution is 2.22. The second-order valence-electron chi connectivity index (χ2n) is 6.36. The maximum atomic E-state index is 12.6. The lowest BCUT2D eigenvalue weighted by atomic mass is 9.97. The van der Waals surface area contributed by atoms with Crippen molar-refractivity contribution >= 4 is 17.8 Å². The molecule has 1 aliphatic rings. The Bertz CT molecular complexity index is 611. The largest absolute Gasteiger partial charge is 0.481 e. The molecule has 1 saturated heterocycles. The number of carbonyl (C=O) groups is 3. The van der Waals surface area contributed by atoms with Crippen molar-refractivity contribution in [3.63, 3.8) is 0 Å². The van der Waals surface area contributed by atoms with Crippen LogP contribution in [0.3, 0.4) is 0 Å². The van der Waals surface area contributed by atoms with Gasteiger partial charge in [0.05, 0.1) is 12.7 Å². The highest BCUT2D eigenvalue weighted by molar-refractivity contribution is 5.89. The Hall–Kier alpha value is -2.37. The van der Waals surface area contributed by atoms with Gasteiger partial charge in [-0.05, 0) is 49.8 Å². The number of hydrogen-bond donors (Lipinski definition) is 1. The predicted octanol–water partition coefficient (Wildman–Crippen LogP) is 2.65. The second kappa shape index (κ2) is 9.20. The number of esters is 1. The quantitative estimate of drug-likeness (QED) is 0.767. The van der Waals surface area contributed by atoms with Crippen molar-refractivity contribution in [1.82, 2.24) is 4.90 Å². The normalized spacial score (nSPS) is 17.2. The van der Waals surface area contributed by atoms with Crippen LogP contribution in [0.1, 0.15) is 54.4 Å². The molecule has 1 atom stereocenters. The van der Waals surface area contributed by atoms with Gasteiger partial charge in [-0.1, -0.05) is 12.1 Å². The van der Waals surface area contributed by atoms with E-state index in [0.29, 0.717) is 31.4 Å². The minimum Gasteiger partial charge on any atom is -0.481 e. The van der Waals surface area contributed by atoms with Gasteiger partial charge in [0.15, 0.2) is 0 Å². The van der Waals surface area contributed by atoms with E-state index in [4.69, 9.17) is 5.11 Å². The van der Waals surface area contributed by atoms with Crippen LogP contribution in [0.5, 0.6) is 0 Å². The Morgan fingerprint density at radius 2 is 1.88 bits per heavy atom. The summed E-state index contributed by atoms with van der Waals surface area (Å²) in [4.78, 5) is 36.6. The second-order valence-corrected chi connectivity index (χ2v) is 6.36. The number of hydrogen-bond acceptors (Lipinski definition) is 4. The van der Waals surface area contributed by atoms with Crippen molar-refractivity contribution < 1.29 is 24.2 Å². The van der Waals surface area contributed by atoms with Crippen LogP contribution in [-0.2, 0) is 20.7 Å². The third kappa shape index (κ3) is 5.59. The fourth-order valence-electron chi connectivity index (χ4n) is 3.24. The molecule has 0 spiro atoms. The first kappa shape index (κ1) is 19.0. The fraction of sp³-hybridized carbons (Fsp3) is 0.526. The standard InChI is InChI=1S/C19H25NO5/c1-25-19(24)15-8-5-14(6-9-15)7-11-17(21)20-13-3-2-4-16(20)10-12-18(22)23/h5-6,8-9,16H,2-4,7,10-13H2,1H3,(H,22,23). The van der Waals surface area contributed by atoms with Gasteiger partial charge in [0.1, 0.15) is 0 Å². The molecule has 1 amide bonds. The molecule has 1 aliphatic heterocycles. The first-order valence-electron chi connectivity index (χ1n) is 8.69. The Balaban J connectivity index is 1.89. The summed E-state index contributed by atoms with van der Waals surface area (Å²) in [6, 6.07) is 7.10. The number of nitrogens with zero attached hydrogens (tertiary/aromatic N) is 1. The zero-order chi connectivity index (χ0) is 18.2. The van der Waals surface area contributed by atoms with Crippen molar-refractivity contribution in [2.75, 3.05) is 13.7 Å². The first-order chi connectivity index (χ1) is 12.0. The van der Waals surface area contributed by atoms with Crippen molar-refractivity contribution in [2.45, 2.75) is 51.0 Å². The average Bonchev–Trinajstić information content (AvgIpc) is 2.64. The molecule has 25 heavy (non-hydrogen) atoms. The number of benzene rings is 1. The van der Waals surface area contributed by atoms with Crippen LogP contribution < -0.4 is 0 Å². The average molecular weight is 347 g/mol. The third-order valence-electron chi connectivity index (χ3n) is 4.64. The summed E-state index contributed by atoms with van der Waals surface area (Å²) in [5, 5.41) is 8.86. The topological polar surface area (TPSA) is 83.9 Å². The van der Waals surface area contributed by atoms with Crippen molar-refractivity contribution in [1.29, 1.82) is 0 Å². The summed E-state index contributed by atoms with van der Waals surface area (Å²) in [5.74, 6) is -1.12. The summed E-state index contributed by atoms with van der Waals surface area (Å²) in [7, 11) is 1.34. The molecule has 1 fully saturated rings. The van der Waals surface area contributed by atoms with Crippen LogP contribution in [0, 0.1) is 0 Å². The Morgan fingerprint density at radius 1 is 1.16 bits per heavy atom. The van der Waals surface area contributed by atoms with Crippen molar-refractivity contribution in [3.8, 4) is 0 Å². The molecular weight excluding hydrogens is 322 g/mol. The van der Waals surface area contributed by atoms with E-state index in [9.17, 15) is 14.4 Å². The maximum Gasteiger partial charge on any atom is 0.337 e. The minimum atomic E-state index is -0.816. The monoisotopic (exact) mass is 347 g/mol. The van der Waals surface area contributed by atoms with Gasteiger partial charge >= 0.3 is 11.9 Å². The Labute approximate surface area is 147 Å². The number of piperidine rings is 1. The molecule has 0 saturated carbocycles. The maximum absolute atomic E-state index is 12.6. The highest BCUT2D eigenvalue weighted by Gasteiger charge is 2.26. The zero-order valence-electron chi connectivity index (χ0n) is 14.6. The molecule has 1 aromatic carbocycles. The number of ether oxygens (including phenoxy) is 1. The number of methoxy groups -OCH3 is 1. The summed E-state index contributed by atoms with van der Waals surface area (Å²) in [6.45, 7) is 0.713. The lowest BCUT2D eigenvalue weighted by molar-refractivity contribution is -0.140. The number of likely N-dealkylation sites (tertiary alicyclic amines) is 1. The minimum absolute atomic E-state index is 0.0408. The molecule has 0 radical (unpaired) electrons. The molecule has 0 aromatic heterocycles. The molecule has 0 bridgehead atoms. The van der Waals surface area contributed by atoms with Gasteiger partial charge in [-0.25, -0.2) is 4.79 Å². The number of carboxylic acid groups (broad SMARTS) is 1. The van der Waals surface area contributed by atoms with E-state index in [1.54, 1.807) is 12.1 Å². The SMILES string of the molecule is COC(=O)c1ccc(CCC(=O)N2CCCCC2CCC(=O)O)cc1. The van der Waals surface area contributed by atoms with E-state index in [0.717, 1.165) is 24.8 Å². The summed E-state index contributed by atoms with van der Waals surface area (Å²) < 4.78 is 4.66. The van der Waals surface area contributed by atoms with E-state index in [-0.39, 0.29) is 24.3 Å². The van der Waals surface area contributed by atoms with E-state index in [1.807, 2.05) is 17.0 Å². The number of rotatable bonds is 7. The molecule has 6 nitrogen and oxygen atoms in total. The number of amides is 1. The number of carbonyl (C=O) groups excluding carboxylic acids is 2. The predicted molar refractivity (Wildman–Crippen MR) is 92.3 cm³/mol. The Morgan fingerprint density at radius 3 is 2.52 bits per heavy atom. The highest BCUT2D eigenvalue weighted by atomic mass is 16.5. The van der Waals surface area contributed by atoms with E-state index >= 15 is 0 Å². The molecule has 1 unspecified atom stereocenters. The zero-order valence-corrected chi connectivity index (χ0v) is 14.6. The third-order valence-corrected chi connectivity index (χ3v) is 4.64. The molecule has 1 aromatic rings. The van der Waals surface area contributed by atoms with E-state index in [2.05, 4.69) is 4.74 Å². The van der Waals surface area contributed by atoms with Gasteiger partial charge in [-0.2, -0.15) is 0 Å². The van der Waals surface area contributed by atoms with Gasteiger partial charge in [0.25, 0.3) is 0 Å². The number of aliphatic carboxylic acids is 1. The lowest BCUT2D eigenvalue weighted by Gasteiger charge is -2.35. The van der Waals surface area contributed by atoms with Crippen LogP contribution in [0.15, 0.2) is 24.3 Å². The Kier molecular flexibility index (Phi) is 6.98. The number of aryl methyl sites for hydroxylation is 1. The summed E-state index contributed by atoms with van der Waals surface area (Å²) in [6.07, 6.45) is 4.51.